The van der Waals surface area contributed by atoms with E-state index in [-0.39, 0.29) is 13.1 Å². The summed E-state index contributed by atoms with van der Waals surface area (Å²) in [6.45, 7) is 6.41. The number of halogens is 3. The number of carbonyl (C=O) groups is 2. The van der Waals surface area contributed by atoms with Gasteiger partial charge in [0.2, 0.25) is 11.8 Å². The van der Waals surface area contributed by atoms with Crippen molar-refractivity contribution in [1.29, 1.82) is 0 Å². The number of amides is 2. The molecule has 0 aliphatic rings. The summed E-state index contributed by atoms with van der Waals surface area (Å²) in [6, 6.07) is 6.73. The lowest BCUT2D eigenvalue weighted by Gasteiger charge is -2.21. The van der Waals surface area contributed by atoms with Gasteiger partial charge in [-0.3, -0.25) is 14.5 Å². The van der Waals surface area contributed by atoms with Crippen molar-refractivity contribution in [2.75, 3.05) is 43.5 Å². The van der Waals surface area contributed by atoms with Gasteiger partial charge in [0.1, 0.15) is 11.5 Å². The van der Waals surface area contributed by atoms with Crippen LogP contribution in [0.1, 0.15) is 27.2 Å². The molecule has 2 aromatic rings. The van der Waals surface area contributed by atoms with Gasteiger partial charge < -0.3 is 20.1 Å². The Labute approximate surface area is 190 Å². The minimum Gasteiger partial charge on any atom is -0.494 e. The van der Waals surface area contributed by atoms with Crippen molar-refractivity contribution in [3.63, 3.8) is 0 Å². The third-order valence-electron chi connectivity index (χ3n) is 4.42. The van der Waals surface area contributed by atoms with Gasteiger partial charge >= 0.3 is 0 Å². The minimum absolute atomic E-state index is 0.133. The van der Waals surface area contributed by atoms with Crippen LogP contribution in [-0.4, -0.2) is 49.6 Å². The Morgan fingerprint density at radius 2 is 1.48 bits per heavy atom. The highest BCUT2D eigenvalue weighted by Gasteiger charge is 2.19. The van der Waals surface area contributed by atoms with Gasteiger partial charge in [-0.05, 0) is 51.1 Å². The third-order valence-corrected chi connectivity index (χ3v) is 4.42. The number of carbonyl (C=O) groups excluding carboxylic acids is 2. The molecule has 0 radical (unpaired) electrons. The first-order chi connectivity index (χ1) is 15.8. The van der Waals surface area contributed by atoms with Crippen molar-refractivity contribution in [1.82, 2.24) is 4.90 Å². The summed E-state index contributed by atoms with van der Waals surface area (Å²) in [4.78, 5) is 26.6. The molecule has 180 valence electrons. The molecule has 0 fully saturated rings. The van der Waals surface area contributed by atoms with Gasteiger partial charge in [-0.15, -0.1) is 0 Å². The van der Waals surface area contributed by atoms with Crippen LogP contribution in [0.4, 0.5) is 24.5 Å². The summed E-state index contributed by atoms with van der Waals surface area (Å²) >= 11 is 0. The molecule has 0 saturated heterocycles. The van der Waals surface area contributed by atoms with Crippen molar-refractivity contribution >= 4 is 23.2 Å². The summed E-state index contributed by atoms with van der Waals surface area (Å²) in [5.41, 5.74) is -0.0496. The Balaban J connectivity index is 2.05. The number of rotatable bonds is 12. The van der Waals surface area contributed by atoms with Gasteiger partial charge in [0.25, 0.3) is 0 Å². The Morgan fingerprint density at radius 1 is 0.848 bits per heavy atom. The Kier molecular flexibility index (Phi) is 9.99. The summed E-state index contributed by atoms with van der Waals surface area (Å²) in [5.74, 6) is -4.54. The highest BCUT2D eigenvalue weighted by Crippen LogP contribution is 2.29. The van der Waals surface area contributed by atoms with E-state index in [0.29, 0.717) is 43.4 Å². The van der Waals surface area contributed by atoms with E-state index in [2.05, 4.69) is 10.6 Å². The molecule has 0 aliphatic carbocycles. The molecular weight excluding hydrogens is 439 g/mol. The third kappa shape index (κ3) is 7.67. The fourth-order valence-corrected chi connectivity index (χ4v) is 3.08. The van der Waals surface area contributed by atoms with Gasteiger partial charge in [-0.1, -0.05) is 6.92 Å². The maximum absolute atomic E-state index is 13.8. The van der Waals surface area contributed by atoms with Crippen LogP contribution in [0.2, 0.25) is 0 Å². The molecule has 0 heterocycles. The van der Waals surface area contributed by atoms with Crippen LogP contribution in [0.25, 0.3) is 0 Å². The van der Waals surface area contributed by atoms with Crippen LogP contribution >= 0.6 is 0 Å². The van der Waals surface area contributed by atoms with Crippen LogP contribution in [0.15, 0.2) is 30.3 Å². The molecular formula is C23H28F3N3O4. The lowest BCUT2D eigenvalue weighted by molar-refractivity contribution is -0.120. The molecule has 33 heavy (non-hydrogen) atoms. The zero-order valence-corrected chi connectivity index (χ0v) is 18.8. The quantitative estimate of drug-likeness (QED) is 0.458. The second-order valence-corrected chi connectivity index (χ2v) is 7.05. The highest BCUT2D eigenvalue weighted by molar-refractivity contribution is 5.95. The highest BCUT2D eigenvalue weighted by atomic mass is 19.2. The second-order valence-electron chi connectivity index (χ2n) is 7.05. The van der Waals surface area contributed by atoms with E-state index >= 15 is 0 Å². The maximum Gasteiger partial charge on any atom is 0.238 e. The molecule has 0 aliphatic heterocycles. The fourth-order valence-electron chi connectivity index (χ4n) is 3.08. The minimum atomic E-state index is -1.67. The molecule has 10 heteroatoms. The molecule has 0 atom stereocenters. The van der Waals surface area contributed by atoms with Crippen molar-refractivity contribution < 1.29 is 32.2 Å². The maximum atomic E-state index is 13.8. The second kappa shape index (κ2) is 12.7. The van der Waals surface area contributed by atoms with Crippen molar-refractivity contribution in [3.05, 3.63) is 47.8 Å². The van der Waals surface area contributed by atoms with E-state index in [4.69, 9.17) is 9.47 Å². The largest absolute Gasteiger partial charge is 0.494 e. The monoisotopic (exact) mass is 467 g/mol. The van der Waals surface area contributed by atoms with Crippen LogP contribution < -0.4 is 20.1 Å². The number of anilines is 2. The average molecular weight is 467 g/mol. The fraction of sp³-hybridized carbons (Fsp3) is 0.391. The number of benzene rings is 2. The zero-order valence-electron chi connectivity index (χ0n) is 18.8. The number of ether oxygens (including phenoxy) is 2. The first-order valence-electron chi connectivity index (χ1n) is 10.6. The number of hydrogen-bond donors (Lipinski definition) is 2. The smallest absolute Gasteiger partial charge is 0.238 e. The van der Waals surface area contributed by atoms with Gasteiger partial charge in [-0.2, -0.15) is 0 Å². The van der Waals surface area contributed by atoms with Crippen LogP contribution in [0.3, 0.4) is 0 Å². The van der Waals surface area contributed by atoms with Crippen molar-refractivity contribution in [2.24, 2.45) is 0 Å². The summed E-state index contributed by atoms with van der Waals surface area (Å²) in [5, 5.41) is 4.97. The standard InChI is InChI=1S/C23H28F3N3O4/c1-4-11-29(13-20(30)27-17-9-8-16(24)22(25)23(17)26)14-21(31)28-18-12-15(32-5-2)7-10-19(18)33-6-3/h7-10,12H,4-6,11,13-14H2,1-3H3,(H,27,30)(H,28,31). The van der Waals surface area contributed by atoms with Crippen LogP contribution in [0.5, 0.6) is 11.5 Å². The van der Waals surface area contributed by atoms with Crippen LogP contribution in [-0.2, 0) is 9.59 Å². The SMILES string of the molecule is CCCN(CC(=O)Nc1cc(OCC)ccc1OCC)CC(=O)Nc1ccc(F)c(F)c1F. The van der Waals surface area contributed by atoms with Gasteiger partial charge in [0.15, 0.2) is 17.5 Å². The van der Waals surface area contributed by atoms with E-state index in [9.17, 15) is 22.8 Å². The molecule has 7 nitrogen and oxygen atoms in total. The average Bonchev–Trinajstić information content (AvgIpc) is 2.76. The van der Waals surface area contributed by atoms with Crippen LogP contribution in [0, 0.1) is 17.5 Å². The Morgan fingerprint density at radius 3 is 2.09 bits per heavy atom. The molecule has 0 bridgehead atoms. The Bertz CT molecular complexity index is 972. The van der Waals surface area contributed by atoms with Crippen molar-refractivity contribution in [3.8, 4) is 11.5 Å². The molecule has 2 aromatic carbocycles. The summed E-state index contributed by atoms with van der Waals surface area (Å²) < 4.78 is 51.3. The summed E-state index contributed by atoms with van der Waals surface area (Å²) in [7, 11) is 0. The van der Waals surface area contributed by atoms with Gasteiger partial charge in [0.05, 0.1) is 37.7 Å². The van der Waals surface area contributed by atoms with E-state index in [1.807, 2.05) is 20.8 Å². The van der Waals surface area contributed by atoms with E-state index in [1.165, 1.54) is 0 Å². The van der Waals surface area contributed by atoms with E-state index < -0.39 is 35.0 Å². The first kappa shape index (κ1) is 26.0. The van der Waals surface area contributed by atoms with Gasteiger partial charge in [0, 0.05) is 6.07 Å². The molecule has 0 saturated carbocycles. The van der Waals surface area contributed by atoms with Gasteiger partial charge in [-0.25, -0.2) is 13.2 Å². The predicted octanol–water partition coefficient (Wildman–Crippen LogP) is 4.19. The topological polar surface area (TPSA) is 79.9 Å². The molecule has 2 rings (SSSR count). The number of nitrogens with one attached hydrogen (secondary N) is 2. The molecule has 2 amide bonds. The van der Waals surface area contributed by atoms with E-state index in [0.717, 1.165) is 12.1 Å². The normalized spacial score (nSPS) is 10.8. The zero-order chi connectivity index (χ0) is 24.4. The molecule has 2 N–H and O–H groups in total. The lowest BCUT2D eigenvalue weighted by Crippen LogP contribution is -2.39. The molecule has 0 unspecified atom stereocenters. The summed E-state index contributed by atoms with van der Waals surface area (Å²) in [6.07, 6.45) is 0.643. The predicted molar refractivity (Wildman–Crippen MR) is 119 cm³/mol. The molecule has 0 aromatic heterocycles. The number of nitrogens with zero attached hydrogens (tertiary/aromatic N) is 1. The number of hydrogen-bond acceptors (Lipinski definition) is 5. The lowest BCUT2D eigenvalue weighted by atomic mass is 10.2. The van der Waals surface area contributed by atoms with E-state index in [1.54, 1.807) is 23.1 Å². The first-order valence-corrected chi connectivity index (χ1v) is 10.6. The van der Waals surface area contributed by atoms with Crippen molar-refractivity contribution in [2.45, 2.75) is 27.2 Å². The Hall–Kier alpha value is -3.27. The molecule has 0 spiro atoms.